The minimum absolute atomic E-state index is 0.101. The molecule has 0 aromatic heterocycles. The number of phenols is 1. The predicted octanol–water partition coefficient (Wildman–Crippen LogP) is 4.76. The van der Waals surface area contributed by atoms with Crippen molar-refractivity contribution in [3.05, 3.63) is 70.8 Å². The molecule has 0 bridgehead atoms. The Morgan fingerprint density at radius 3 is 2.23 bits per heavy atom. The molecule has 22 heavy (non-hydrogen) atoms. The second-order valence-corrected chi connectivity index (χ2v) is 5.26. The van der Waals surface area contributed by atoms with E-state index < -0.39 is 0 Å². The van der Waals surface area contributed by atoms with Gasteiger partial charge in [0.25, 0.3) is 5.69 Å². The van der Waals surface area contributed by atoms with Gasteiger partial charge in [0.05, 0.1) is 10.3 Å². The van der Waals surface area contributed by atoms with E-state index in [1.54, 1.807) is 36.4 Å². The lowest BCUT2D eigenvalue weighted by atomic mass is 9.96. The number of hydrogen-bond acceptors (Lipinski definition) is 3. The maximum Gasteiger partial charge on any atom is 0.277 e. The van der Waals surface area contributed by atoms with Gasteiger partial charge in [-0.05, 0) is 45.1 Å². The summed E-state index contributed by atoms with van der Waals surface area (Å²) < 4.78 is 0. The van der Waals surface area contributed by atoms with E-state index in [-0.39, 0.29) is 16.4 Å². The summed E-state index contributed by atoms with van der Waals surface area (Å²) in [5.74, 6) is 0.183. The van der Waals surface area contributed by atoms with E-state index >= 15 is 0 Å². The molecule has 4 heteroatoms. The minimum Gasteiger partial charge on any atom is -0.508 e. The number of rotatable bonds is 1. The number of phenolic OH excluding ortho intramolecular Hbond substituents is 1. The van der Waals surface area contributed by atoms with Crippen LogP contribution in [0.4, 0.5) is 5.69 Å². The van der Waals surface area contributed by atoms with Crippen molar-refractivity contribution in [2.75, 3.05) is 0 Å². The highest BCUT2D eigenvalue weighted by atomic mass is 16.6. The van der Waals surface area contributed by atoms with Gasteiger partial charge >= 0.3 is 0 Å². The first kappa shape index (κ1) is 12.6. The van der Waals surface area contributed by atoms with Gasteiger partial charge in [0.15, 0.2) is 0 Å². The van der Waals surface area contributed by atoms with Gasteiger partial charge < -0.3 is 5.11 Å². The average Bonchev–Trinajstić information content (AvgIpc) is 2.53. The monoisotopic (exact) mass is 289 g/mol. The molecular weight excluding hydrogens is 278 g/mol. The van der Waals surface area contributed by atoms with E-state index in [1.807, 2.05) is 24.3 Å². The standard InChI is InChI=1S/C18H11NO3/c20-12-6-8-13-11(9-12)5-7-15-14-3-1-2-4-16(14)18(19(21)22)10-17(13)15/h1-10,20H. The van der Waals surface area contributed by atoms with Crippen molar-refractivity contribution in [3.8, 4) is 5.75 Å². The van der Waals surface area contributed by atoms with Crippen LogP contribution in [0.3, 0.4) is 0 Å². The molecule has 0 saturated carbocycles. The van der Waals surface area contributed by atoms with Gasteiger partial charge in [-0.3, -0.25) is 10.1 Å². The lowest BCUT2D eigenvalue weighted by Gasteiger charge is -2.08. The fourth-order valence-electron chi connectivity index (χ4n) is 3.04. The van der Waals surface area contributed by atoms with Crippen LogP contribution in [0, 0.1) is 10.1 Å². The van der Waals surface area contributed by atoms with Crippen LogP contribution in [0.15, 0.2) is 60.7 Å². The molecule has 4 aromatic rings. The molecule has 4 nitrogen and oxygen atoms in total. The van der Waals surface area contributed by atoms with Crippen molar-refractivity contribution < 1.29 is 10.0 Å². The molecule has 0 heterocycles. The van der Waals surface area contributed by atoms with Crippen LogP contribution < -0.4 is 0 Å². The van der Waals surface area contributed by atoms with E-state index in [9.17, 15) is 15.2 Å². The van der Waals surface area contributed by atoms with Crippen molar-refractivity contribution >= 4 is 38.0 Å². The van der Waals surface area contributed by atoms with Gasteiger partial charge in [-0.25, -0.2) is 0 Å². The molecule has 0 radical (unpaired) electrons. The van der Waals surface area contributed by atoms with Gasteiger partial charge in [-0.1, -0.05) is 36.4 Å². The molecule has 0 atom stereocenters. The fraction of sp³-hybridized carbons (Fsp3) is 0. The Morgan fingerprint density at radius 1 is 0.773 bits per heavy atom. The molecule has 1 N–H and O–H groups in total. The largest absolute Gasteiger partial charge is 0.508 e. The van der Waals surface area contributed by atoms with Crippen molar-refractivity contribution in [1.82, 2.24) is 0 Å². The molecule has 4 rings (SSSR count). The maximum absolute atomic E-state index is 11.4. The number of benzene rings is 4. The molecule has 0 amide bonds. The molecule has 0 spiro atoms. The highest BCUT2D eigenvalue weighted by Crippen LogP contribution is 2.37. The molecule has 0 aliphatic carbocycles. The zero-order valence-electron chi connectivity index (χ0n) is 11.5. The first-order chi connectivity index (χ1) is 10.6. The molecular formula is C18H11NO3. The summed E-state index contributed by atoms with van der Waals surface area (Å²) in [4.78, 5) is 11.1. The molecule has 0 aliphatic heterocycles. The topological polar surface area (TPSA) is 63.4 Å². The number of aromatic hydroxyl groups is 1. The summed E-state index contributed by atoms with van der Waals surface area (Å²) in [7, 11) is 0. The van der Waals surface area contributed by atoms with Crippen molar-refractivity contribution in [2.45, 2.75) is 0 Å². The summed E-state index contributed by atoms with van der Waals surface area (Å²) in [5, 5.41) is 26.1. The third-order valence-corrected chi connectivity index (χ3v) is 4.02. The summed E-state index contributed by atoms with van der Waals surface area (Å²) in [6.45, 7) is 0. The number of fused-ring (bicyclic) bond motifs is 5. The first-order valence-corrected chi connectivity index (χ1v) is 6.87. The number of nitro groups is 1. The number of non-ortho nitro benzene ring substituents is 1. The van der Waals surface area contributed by atoms with Gasteiger partial charge in [-0.15, -0.1) is 0 Å². The van der Waals surface area contributed by atoms with E-state index in [0.717, 1.165) is 26.9 Å². The Labute approximate surface area is 125 Å². The first-order valence-electron chi connectivity index (χ1n) is 6.87. The average molecular weight is 289 g/mol. The van der Waals surface area contributed by atoms with Crippen LogP contribution in [0.25, 0.3) is 32.3 Å². The van der Waals surface area contributed by atoms with E-state index in [4.69, 9.17) is 0 Å². The predicted molar refractivity (Wildman–Crippen MR) is 87.3 cm³/mol. The van der Waals surface area contributed by atoms with Crippen molar-refractivity contribution in [1.29, 1.82) is 0 Å². The van der Waals surface area contributed by atoms with Crippen molar-refractivity contribution in [3.63, 3.8) is 0 Å². The fourth-order valence-corrected chi connectivity index (χ4v) is 3.04. The number of nitrogens with zero attached hydrogens (tertiary/aromatic N) is 1. The van der Waals surface area contributed by atoms with Gasteiger partial charge in [0.1, 0.15) is 5.75 Å². The highest BCUT2D eigenvalue weighted by Gasteiger charge is 2.16. The van der Waals surface area contributed by atoms with Crippen LogP contribution in [0.1, 0.15) is 0 Å². The zero-order valence-corrected chi connectivity index (χ0v) is 11.5. The smallest absolute Gasteiger partial charge is 0.277 e. The Bertz CT molecular complexity index is 1070. The van der Waals surface area contributed by atoms with Crippen molar-refractivity contribution in [2.24, 2.45) is 0 Å². The van der Waals surface area contributed by atoms with Gasteiger partial charge in [0, 0.05) is 6.07 Å². The quantitative estimate of drug-likeness (QED) is 0.312. The molecule has 0 saturated heterocycles. The van der Waals surface area contributed by atoms with Crippen LogP contribution in [-0.4, -0.2) is 10.0 Å². The Hall–Kier alpha value is -3.14. The number of hydrogen-bond donors (Lipinski definition) is 1. The van der Waals surface area contributed by atoms with E-state index in [1.165, 1.54) is 0 Å². The second kappa shape index (κ2) is 4.43. The summed E-state index contributed by atoms with van der Waals surface area (Å²) in [6, 6.07) is 17.9. The molecule has 0 unspecified atom stereocenters. The Balaban J connectivity index is 2.28. The van der Waals surface area contributed by atoms with E-state index in [2.05, 4.69) is 0 Å². The number of nitro benzene ring substituents is 1. The molecule has 0 aliphatic rings. The SMILES string of the molecule is O=[N+]([O-])c1cc2c3ccc(O)cc3ccc2c2ccccc12. The normalized spacial score (nSPS) is 11.3. The lowest BCUT2D eigenvalue weighted by molar-refractivity contribution is -0.382. The summed E-state index contributed by atoms with van der Waals surface area (Å²) in [5.41, 5.74) is 0.101. The van der Waals surface area contributed by atoms with E-state index in [0.29, 0.717) is 5.39 Å². The molecule has 4 aromatic carbocycles. The Kier molecular flexibility index (Phi) is 2.53. The van der Waals surface area contributed by atoms with Crippen LogP contribution >= 0.6 is 0 Å². The van der Waals surface area contributed by atoms with Gasteiger partial charge in [0.2, 0.25) is 0 Å². The van der Waals surface area contributed by atoms with Crippen LogP contribution in [0.2, 0.25) is 0 Å². The highest BCUT2D eigenvalue weighted by molar-refractivity contribution is 6.19. The molecule has 0 fully saturated rings. The molecule has 106 valence electrons. The Morgan fingerprint density at radius 2 is 1.45 bits per heavy atom. The third kappa shape index (κ3) is 1.71. The second-order valence-electron chi connectivity index (χ2n) is 5.26. The maximum atomic E-state index is 11.4. The summed E-state index contributed by atoms with van der Waals surface area (Å²) in [6.07, 6.45) is 0. The third-order valence-electron chi connectivity index (χ3n) is 4.02. The lowest BCUT2D eigenvalue weighted by Crippen LogP contribution is -1.91. The van der Waals surface area contributed by atoms with Crippen LogP contribution in [-0.2, 0) is 0 Å². The zero-order chi connectivity index (χ0) is 15.3. The van der Waals surface area contributed by atoms with Crippen LogP contribution in [0.5, 0.6) is 5.75 Å². The van der Waals surface area contributed by atoms with Gasteiger partial charge in [-0.2, -0.15) is 0 Å². The minimum atomic E-state index is -0.346. The summed E-state index contributed by atoms with van der Waals surface area (Å²) >= 11 is 0.